The molecule has 0 amide bonds. The van der Waals surface area contributed by atoms with Crippen LogP contribution in [-0.2, 0) is 6.54 Å². The summed E-state index contributed by atoms with van der Waals surface area (Å²) in [5.74, 6) is 0. The zero-order chi connectivity index (χ0) is 14.7. The van der Waals surface area contributed by atoms with E-state index in [0.29, 0.717) is 0 Å². The maximum absolute atomic E-state index is 4.58. The molecule has 2 heterocycles. The van der Waals surface area contributed by atoms with Crippen LogP contribution >= 0.6 is 0 Å². The van der Waals surface area contributed by atoms with Gasteiger partial charge in [0.05, 0.1) is 23.4 Å². The third-order valence-corrected chi connectivity index (χ3v) is 3.61. The Hall–Kier alpha value is -2.40. The fourth-order valence-corrected chi connectivity index (χ4v) is 2.26. The van der Waals surface area contributed by atoms with Gasteiger partial charge in [-0.2, -0.15) is 5.10 Å². The summed E-state index contributed by atoms with van der Waals surface area (Å²) in [6, 6.07) is 10.4. The monoisotopic (exact) mass is 281 g/mol. The van der Waals surface area contributed by atoms with Gasteiger partial charge in [-0.05, 0) is 26.0 Å². The molecule has 0 spiro atoms. The normalized spacial score (nSPS) is 12.5. The van der Waals surface area contributed by atoms with Crippen molar-refractivity contribution in [2.24, 2.45) is 0 Å². The summed E-state index contributed by atoms with van der Waals surface area (Å²) in [6.45, 7) is 4.93. The molecule has 0 saturated heterocycles. The molecule has 0 aliphatic carbocycles. The summed E-state index contributed by atoms with van der Waals surface area (Å²) < 4.78 is 1.92. The molecule has 0 radical (unpaired) electrons. The molecule has 21 heavy (non-hydrogen) atoms. The quantitative estimate of drug-likeness (QED) is 0.756. The molecule has 108 valence electrons. The maximum atomic E-state index is 4.58. The minimum absolute atomic E-state index is 0.229. The van der Waals surface area contributed by atoms with Gasteiger partial charge in [0.15, 0.2) is 0 Å². The van der Waals surface area contributed by atoms with Crippen molar-refractivity contribution < 1.29 is 0 Å². The van der Waals surface area contributed by atoms with Crippen LogP contribution in [0.25, 0.3) is 5.69 Å². The minimum atomic E-state index is 0.229. The Bertz CT molecular complexity index is 685. The first-order chi connectivity index (χ1) is 10.2. The van der Waals surface area contributed by atoms with Crippen molar-refractivity contribution in [2.45, 2.75) is 26.4 Å². The second kappa shape index (κ2) is 5.93. The van der Waals surface area contributed by atoms with Crippen molar-refractivity contribution in [1.29, 1.82) is 0 Å². The standard InChI is InChI=1S/C16H19N5/c1-12-14(8-18-13(2)16-9-17-11-19-16)10-21(20-12)15-6-4-3-5-7-15/h3-7,9-11,13,18H,8H2,1-2H3,(H,17,19). The highest BCUT2D eigenvalue weighted by atomic mass is 15.3. The predicted octanol–water partition coefficient (Wildman–Crippen LogP) is 2.75. The molecule has 0 fully saturated rings. The molecule has 2 N–H and O–H groups in total. The molecule has 5 nitrogen and oxygen atoms in total. The van der Waals surface area contributed by atoms with Gasteiger partial charge in [0.25, 0.3) is 0 Å². The Kier molecular flexibility index (Phi) is 3.83. The summed E-state index contributed by atoms with van der Waals surface area (Å²) in [7, 11) is 0. The molecular formula is C16H19N5. The van der Waals surface area contributed by atoms with E-state index in [2.05, 4.69) is 45.6 Å². The second-order valence-electron chi connectivity index (χ2n) is 5.13. The van der Waals surface area contributed by atoms with Crippen LogP contribution in [0.5, 0.6) is 0 Å². The number of nitrogens with one attached hydrogen (secondary N) is 2. The third-order valence-electron chi connectivity index (χ3n) is 3.61. The van der Waals surface area contributed by atoms with Gasteiger partial charge < -0.3 is 10.3 Å². The van der Waals surface area contributed by atoms with E-state index in [1.807, 2.05) is 36.0 Å². The van der Waals surface area contributed by atoms with E-state index >= 15 is 0 Å². The summed E-state index contributed by atoms with van der Waals surface area (Å²) in [5.41, 5.74) is 4.41. The Morgan fingerprint density at radius 1 is 1.29 bits per heavy atom. The lowest BCUT2D eigenvalue weighted by Crippen LogP contribution is -2.18. The zero-order valence-corrected chi connectivity index (χ0v) is 12.2. The molecular weight excluding hydrogens is 262 g/mol. The molecule has 1 unspecified atom stereocenters. The van der Waals surface area contributed by atoms with Crippen molar-refractivity contribution >= 4 is 0 Å². The van der Waals surface area contributed by atoms with Gasteiger partial charge in [-0.25, -0.2) is 9.67 Å². The zero-order valence-electron chi connectivity index (χ0n) is 12.2. The Morgan fingerprint density at radius 2 is 2.10 bits per heavy atom. The van der Waals surface area contributed by atoms with Gasteiger partial charge in [-0.3, -0.25) is 0 Å². The van der Waals surface area contributed by atoms with Crippen LogP contribution in [0.1, 0.15) is 29.9 Å². The Labute approximate surface area is 124 Å². The van der Waals surface area contributed by atoms with Crippen LogP contribution in [-0.4, -0.2) is 19.7 Å². The fourth-order valence-electron chi connectivity index (χ4n) is 2.26. The van der Waals surface area contributed by atoms with Crippen LogP contribution in [0, 0.1) is 6.92 Å². The summed E-state index contributed by atoms with van der Waals surface area (Å²) in [4.78, 5) is 7.17. The Balaban J connectivity index is 1.70. The van der Waals surface area contributed by atoms with Crippen LogP contribution < -0.4 is 5.32 Å². The lowest BCUT2D eigenvalue weighted by molar-refractivity contribution is 0.562. The number of rotatable bonds is 5. The maximum Gasteiger partial charge on any atom is 0.0922 e. The van der Waals surface area contributed by atoms with Crippen LogP contribution in [0.2, 0.25) is 0 Å². The molecule has 1 atom stereocenters. The van der Waals surface area contributed by atoms with Gasteiger partial charge in [0.1, 0.15) is 0 Å². The highest BCUT2D eigenvalue weighted by Gasteiger charge is 2.09. The molecule has 5 heteroatoms. The van der Waals surface area contributed by atoms with Gasteiger partial charge in [0.2, 0.25) is 0 Å². The summed E-state index contributed by atoms with van der Waals surface area (Å²) in [6.07, 6.45) is 5.63. The van der Waals surface area contributed by atoms with Gasteiger partial charge in [-0.15, -0.1) is 0 Å². The van der Waals surface area contributed by atoms with Crippen LogP contribution in [0.4, 0.5) is 0 Å². The number of aryl methyl sites for hydroxylation is 1. The molecule has 1 aromatic carbocycles. The molecule has 0 aliphatic rings. The average Bonchev–Trinajstić information content (AvgIpc) is 3.16. The van der Waals surface area contributed by atoms with E-state index in [4.69, 9.17) is 0 Å². The third kappa shape index (κ3) is 3.03. The number of H-pyrrole nitrogens is 1. The van der Waals surface area contributed by atoms with Gasteiger partial charge in [-0.1, -0.05) is 18.2 Å². The lowest BCUT2D eigenvalue weighted by atomic mass is 10.2. The number of imidazole rings is 1. The van der Waals surface area contributed by atoms with E-state index in [1.54, 1.807) is 6.33 Å². The van der Waals surface area contributed by atoms with Gasteiger partial charge in [0, 0.05) is 30.5 Å². The number of aromatic nitrogens is 4. The SMILES string of the molecule is Cc1nn(-c2ccccc2)cc1CNC(C)c1cnc[nH]1. The highest BCUT2D eigenvalue weighted by molar-refractivity contribution is 5.32. The van der Waals surface area contributed by atoms with Crippen molar-refractivity contribution in [3.63, 3.8) is 0 Å². The van der Waals surface area contributed by atoms with E-state index in [-0.39, 0.29) is 6.04 Å². The van der Waals surface area contributed by atoms with E-state index in [1.165, 1.54) is 5.56 Å². The van der Waals surface area contributed by atoms with Crippen molar-refractivity contribution in [1.82, 2.24) is 25.1 Å². The first-order valence-corrected chi connectivity index (χ1v) is 7.06. The van der Waals surface area contributed by atoms with Crippen LogP contribution in [0.3, 0.4) is 0 Å². The average molecular weight is 281 g/mol. The molecule has 3 aromatic rings. The van der Waals surface area contributed by atoms with E-state index in [0.717, 1.165) is 23.6 Å². The van der Waals surface area contributed by atoms with Crippen molar-refractivity contribution in [3.8, 4) is 5.69 Å². The number of aromatic amines is 1. The number of benzene rings is 1. The lowest BCUT2D eigenvalue weighted by Gasteiger charge is -2.11. The summed E-state index contributed by atoms with van der Waals surface area (Å²) >= 11 is 0. The first-order valence-electron chi connectivity index (χ1n) is 7.06. The molecule has 0 bridgehead atoms. The number of para-hydroxylation sites is 1. The van der Waals surface area contributed by atoms with Crippen LogP contribution in [0.15, 0.2) is 49.1 Å². The number of hydrogen-bond acceptors (Lipinski definition) is 3. The van der Waals surface area contributed by atoms with E-state index in [9.17, 15) is 0 Å². The second-order valence-corrected chi connectivity index (χ2v) is 5.13. The minimum Gasteiger partial charge on any atom is -0.347 e. The number of hydrogen-bond donors (Lipinski definition) is 2. The van der Waals surface area contributed by atoms with E-state index < -0.39 is 0 Å². The van der Waals surface area contributed by atoms with Crippen molar-refractivity contribution in [3.05, 3.63) is 66.0 Å². The summed E-state index contributed by atoms with van der Waals surface area (Å²) in [5, 5.41) is 8.06. The fraction of sp³-hybridized carbons (Fsp3) is 0.250. The smallest absolute Gasteiger partial charge is 0.0922 e. The predicted molar refractivity (Wildman–Crippen MR) is 82.1 cm³/mol. The molecule has 3 rings (SSSR count). The highest BCUT2D eigenvalue weighted by Crippen LogP contribution is 2.14. The Morgan fingerprint density at radius 3 is 2.81 bits per heavy atom. The number of nitrogens with zero attached hydrogens (tertiary/aromatic N) is 3. The van der Waals surface area contributed by atoms with Crippen molar-refractivity contribution in [2.75, 3.05) is 0 Å². The molecule has 2 aromatic heterocycles. The molecule has 0 saturated carbocycles. The largest absolute Gasteiger partial charge is 0.347 e. The first kappa shape index (κ1) is 13.6. The topological polar surface area (TPSA) is 58.5 Å². The molecule has 0 aliphatic heterocycles. The van der Waals surface area contributed by atoms with Gasteiger partial charge >= 0.3 is 0 Å².